The van der Waals surface area contributed by atoms with Gasteiger partial charge in [-0.05, 0) is 36.3 Å². The summed E-state index contributed by atoms with van der Waals surface area (Å²) in [4.78, 5) is 20.3. The third-order valence-electron chi connectivity index (χ3n) is 4.70. The van der Waals surface area contributed by atoms with Gasteiger partial charge in [0.1, 0.15) is 6.33 Å². The number of rotatable bonds is 3. The van der Waals surface area contributed by atoms with Crippen LogP contribution in [0.5, 0.6) is 0 Å². The van der Waals surface area contributed by atoms with Crippen LogP contribution in [-0.4, -0.2) is 30.5 Å². The van der Waals surface area contributed by atoms with Crippen molar-refractivity contribution in [1.82, 2.24) is 24.6 Å². The van der Waals surface area contributed by atoms with E-state index in [-0.39, 0.29) is 11.9 Å². The minimum atomic E-state index is -0.560. The molecule has 0 saturated carbocycles. The minimum Gasteiger partial charge on any atom is -0.290 e. The first-order chi connectivity index (χ1) is 12.0. The Balaban J connectivity index is 1.76. The van der Waals surface area contributed by atoms with Gasteiger partial charge in [-0.2, -0.15) is 0 Å². The zero-order valence-corrected chi connectivity index (χ0v) is 13.9. The Bertz CT molecular complexity index is 950. The number of anilines is 1. The molecule has 0 spiro atoms. The van der Waals surface area contributed by atoms with Gasteiger partial charge in [0.05, 0.1) is 18.0 Å². The number of fused-ring (bicyclic) bond motifs is 3. The van der Waals surface area contributed by atoms with Crippen molar-refractivity contribution in [3.05, 3.63) is 47.4 Å². The van der Waals surface area contributed by atoms with Crippen molar-refractivity contribution in [1.29, 1.82) is 0 Å². The van der Waals surface area contributed by atoms with Crippen LogP contribution in [0.1, 0.15) is 47.8 Å². The third kappa shape index (κ3) is 2.63. The number of hydrogen-bond acceptors (Lipinski definition) is 5. The second kappa shape index (κ2) is 5.87. The van der Waals surface area contributed by atoms with Crippen molar-refractivity contribution in [3.63, 3.8) is 0 Å². The highest BCUT2D eigenvalue weighted by molar-refractivity contribution is 6.07. The van der Waals surface area contributed by atoms with Crippen LogP contribution in [0.25, 0.3) is 5.65 Å². The van der Waals surface area contributed by atoms with Crippen molar-refractivity contribution < 1.29 is 9.18 Å². The van der Waals surface area contributed by atoms with Gasteiger partial charge < -0.3 is 0 Å². The summed E-state index contributed by atoms with van der Waals surface area (Å²) >= 11 is 0. The van der Waals surface area contributed by atoms with E-state index in [4.69, 9.17) is 0 Å². The van der Waals surface area contributed by atoms with Crippen LogP contribution in [0, 0.1) is 11.7 Å². The van der Waals surface area contributed by atoms with Gasteiger partial charge >= 0.3 is 0 Å². The molecule has 0 bridgehead atoms. The van der Waals surface area contributed by atoms with Gasteiger partial charge in [0.15, 0.2) is 11.5 Å². The van der Waals surface area contributed by atoms with Crippen LogP contribution in [0.4, 0.5) is 10.3 Å². The van der Waals surface area contributed by atoms with E-state index in [2.05, 4.69) is 39.3 Å². The monoisotopic (exact) mass is 340 g/mol. The van der Waals surface area contributed by atoms with Crippen LogP contribution in [-0.2, 0) is 6.42 Å². The number of pyridine rings is 1. The molecule has 7 nitrogen and oxygen atoms in total. The standard InChI is InChI=1S/C17H17FN6O/c1-9(2)11-3-4-14-12(11)5-13(15-23-21-8-24(14)15)16(25)22-17-19-6-10(18)7-20-17/h5-9,11H,3-4H2,1-2H3,(H,19,20,22,25)/t11-/m1/s1. The van der Waals surface area contributed by atoms with Crippen LogP contribution >= 0.6 is 0 Å². The van der Waals surface area contributed by atoms with Gasteiger partial charge in [-0.1, -0.05) is 13.8 Å². The summed E-state index contributed by atoms with van der Waals surface area (Å²) in [5.41, 5.74) is 3.24. The number of amides is 1. The molecule has 0 aromatic carbocycles. The lowest BCUT2D eigenvalue weighted by Crippen LogP contribution is -2.17. The average molecular weight is 340 g/mol. The maximum atomic E-state index is 12.9. The third-order valence-corrected chi connectivity index (χ3v) is 4.70. The first-order valence-electron chi connectivity index (χ1n) is 8.19. The van der Waals surface area contributed by atoms with E-state index >= 15 is 0 Å². The fourth-order valence-corrected chi connectivity index (χ4v) is 3.50. The Kier molecular flexibility index (Phi) is 3.67. The van der Waals surface area contributed by atoms with Crippen molar-refractivity contribution in [2.45, 2.75) is 32.6 Å². The van der Waals surface area contributed by atoms with E-state index in [9.17, 15) is 9.18 Å². The fraction of sp³-hybridized carbons (Fsp3) is 0.353. The van der Waals surface area contributed by atoms with Crippen LogP contribution in [0.15, 0.2) is 24.8 Å². The molecule has 0 unspecified atom stereocenters. The molecule has 8 heteroatoms. The van der Waals surface area contributed by atoms with E-state index in [1.807, 2.05) is 10.5 Å². The Morgan fingerprint density at radius 1 is 1.36 bits per heavy atom. The Morgan fingerprint density at radius 2 is 2.12 bits per heavy atom. The molecule has 0 aliphatic heterocycles. The summed E-state index contributed by atoms with van der Waals surface area (Å²) in [6.07, 6.45) is 5.64. The predicted octanol–water partition coefficient (Wildman–Crippen LogP) is 2.60. The summed E-state index contributed by atoms with van der Waals surface area (Å²) in [7, 11) is 0. The molecule has 3 aromatic rings. The second-order valence-electron chi connectivity index (χ2n) is 6.55. The number of carbonyl (C=O) groups excluding carboxylic acids is 1. The SMILES string of the molecule is CC(C)[C@H]1CCc2c1cc(C(=O)Nc1ncc(F)cn1)c1nncn21. The lowest BCUT2D eigenvalue weighted by Gasteiger charge is -2.17. The molecular formula is C17H17FN6O. The topological polar surface area (TPSA) is 85.1 Å². The summed E-state index contributed by atoms with van der Waals surface area (Å²) < 4.78 is 14.8. The van der Waals surface area contributed by atoms with Gasteiger partial charge in [0.25, 0.3) is 5.91 Å². The molecule has 0 radical (unpaired) electrons. The molecule has 1 aliphatic rings. The fourth-order valence-electron chi connectivity index (χ4n) is 3.50. The summed E-state index contributed by atoms with van der Waals surface area (Å²) in [5.74, 6) is -0.0242. The van der Waals surface area contributed by atoms with E-state index in [1.165, 1.54) is 0 Å². The van der Waals surface area contributed by atoms with Gasteiger partial charge in [-0.15, -0.1) is 10.2 Å². The number of carbonyl (C=O) groups is 1. The lowest BCUT2D eigenvalue weighted by molar-refractivity contribution is 0.102. The number of aromatic nitrogens is 5. The highest BCUT2D eigenvalue weighted by atomic mass is 19.1. The number of aryl methyl sites for hydroxylation is 1. The van der Waals surface area contributed by atoms with Gasteiger partial charge in [-0.3, -0.25) is 14.5 Å². The zero-order valence-electron chi connectivity index (χ0n) is 13.9. The predicted molar refractivity (Wildman–Crippen MR) is 88.8 cm³/mol. The molecule has 4 rings (SSSR count). The molecule has 0 saturated heterocycles. The Morgan fingerprint density at radius 3 is 2.84 bits per heavy atom. The minimum absolute atomic E-state index is 0.0463. The van der Waals surface area contributed by atoms with Crippen molar-refractivity contribution in [3.8, 4) is 0 Å². The van der Waals surface area contributed by atoms with Gasteiger partial charge in [0, 0.05) is 5.69 Å². The smallest absolute Gasteiger partial charge is 0.261 e. The lowest BCUT2D eigenvalue weighted by atomic mass is 9.90. The highest BCUT2D eigenvalue weighted by Crippen LogP contribution is 2.39. The van der Waals surface area contributed by atoms with E-state index in [0.29, 0.717) is 23.0 Å². The summed E-state index contributed by atoms with van der Waals surface area (Å²) in [6, 6.07) is 1.90. The Labute approximate surface area is 143 Å². The molecule has 25 heavy (non-hydrogen) atoms. The summed E-state index contributed by atoms with van der Waals surface area (Å²) in [5, 5.41) is 10.7. The van der Waals surface area contributed by atoms with Crippen molar-refractivity contribution >= 4 is 17.5 Å². The largest absolute Gasteiger partial charge is 0.290 e. The van der Waals surface area contributed by atoms with E-state index in [0.717, 1.165) is 36.5 Å². The van der Waals surface area contributed by atoms with Crippen LogP contribution < -0.4 is 5.32 Å². The number of nitrogens with zero attached hydrogens (tertiary/aromatic N) is 5. The average Bonchev–Trinajstić information content (AvgIpc) is 3.21. The molecule has 0 fully saturated rings. The number of halogens is 1. The first kappa shape index (κ1) is 15.6. The maximum Gasteiger partial charge on any atom is 0.261 e. The van der Waals surface area contributed by atoms with Crippen molar-refractivity contribution in [2.75, 3.05) is 5.32 Å². The molecule has 3 aromatic heterocycles. The molecule has 3 heterocycles. The van der Waals surface area contributed by atoms with Gasteiger partial charge in [-0.25, -0.2) is 14.4 Å². The number of hydrogen-bond donors (Lipinski definition) is 1. The van der Waals surface area contributed by atoms with E-state index in [1.54, 1.807) is 6.33 Å². The zero-order chi connectivity index (χ0) is 17.6. The maximum absolute atomic E-state index is 12.9. The normalized spacial score (nSPS) is 16.4. The second-order valence-corrected chi connectivity index (χ2v) is 6.55. The quantitative estimate of drug-likeness (QED) is 0.792. The Hall–Kier alpha value is -2.90. The van der Waals surface area contributed by atoms with Gasteiger partial charge in [0.2, 0.25) is 5.95 Å². The first-order valence-corrected chi connectivity index (χ1v) is 8.19. The molecule has 128 valence electrons. The highest BCUT2D eigenvalue weighted by Gasteiger charge is 2.30. The molecule has 1 aliphatic carbocycles. The van der Waals surface area contributed by atoms with Crippen molar-refractivity contribution in [2.24, 2.45) is 5.92 Å². The van der Waals surface area contributed by atoms with Crippen LogP contribution in [0.3, 0.4) is 0 Å². The molecule has 1 amide bonds. The van der Waals surface area contributed by atoms with E-state index < -0.39 is 5.82 Å². The molecular weight excluding hydrogens is 323 g/mol. The van der Waals surface area contributed by atoms with Crippen LogP contribution in [0.2, 0.25) is 0 Å². The molecule has 1 atom stereocenters. The molecule has 1 N–H and O–H groups in total. The number of nitrogens with one attached hydrogen (secondary N) is 1. The summed E-state index contributed by atoms with van der Waals surface area (Å²) in [6.45, 7) is 4.37.